The molecule has 3 aliphatic heterocycles. The van der Waals surface area contributed by atoms with Crippen molar-refractivity contribution in [1.29, 1.82) is 0 Å². The summed E-state index contributed by atoms with van der Waals surface area (Å²) in [4.78, 5) is 6.36. The van der Waals surface area contributed by atoms with Crippen molar-refractivity contribution in [1.82, 2.24) is 9.88 Å². The maximum atomic E-state index is 6.03. The maximum Gasteiger partial charge on any atom is 0.0974 e. The van der Waals surface area contributed by atoms with Gasteiger partial charge in [-0.25, -0.2) is 0 Å². The number of para-hydroxylation sites is 1. The number of epoxide rings is 1. The Morgan fingerprint density at radius 1 is 1.32 bits per heavy atom. The Morgan fingerprint density at radius 2 is 2.23 bits per heavy atom. The second-order valence-corrected chi connectivity index (χ2v) is 7.42. The summed E-state index contributed by atoms with van der Waals surface area (Å²) in [5.41, 5.74) is 4.71. The zero-order valence-corrected chi connectivity index (χ0v) is 13.3. The molecule has 1 aromatic carbocycles. The highest BCUT2D eigenvalue weighted by atomic mass is 16.6. The van der Waals surface area contributed by atoms with Gasteiger partial charge in [0.15, 0.2) is 0 Å². The molecule has 3 heteroatoms. The minimum Gasteiger partial charge on any atom is -0.368 e. The van der Waals surface area contributed by atoms with Crippen LogP contribution in [-0.4, -0.2) is 41.7 Å². The molecule has 22 heavy (non-hydrogen) atoms. The van der Waals surface area contributed by atoms with Crippen molar-refractivity contribution in [2.45, 2.75) is 44.8 Å². The van der Waals surface area contributed by atoms with Crippen LogP contribution in [0, 0.1) is 5.41 Å². The van der Waals surface area contributed by atoms with Crippen LogP contribution in [-0.2, 0) is 17.6 Å². The number of aryl methyl sites for hydroxylation is 1. The molecule has 0 aliphatic carbocycles. The maximum absolute atomic E-state index is 6.03. The first-order valence-electron chi connectivity index (χ1n) is 8.75. The smallest absolute Gasteiger partial charge is 0.0974 e. The Hall–Kier alpha value is -1.32. The molecule has 0 spiro atoms. The third-order valence-corrected chi connectivity index (χ3v) is 6.32. The number of hydrogen-bond acceptors (Lipinski definition) is 2. The lowest BCUT2D eigenvalue weighted by Crippen LogP contribution is -2.48. The molecule has 2 aromatic rings. The highest BCUT2D eigenvalue weighted by molar-refractivity contribution is 5.84. The Balaban J connectivity index is 1.57. The Labute approximate surface area is 131 Å². The van der Waals surface area contributed by atoms with Gasteiger partial charge in [-0.2, -0.15) is 0 Å². The van der Waals surface area contributed by atoms with Gasteiger partial charge in [-0.15, -0.1) is 0 Å². The van der Waals surface area contributed by atoms with E-state index in [9.17, 15) is 0 Å². The van der Waals surface area contributed by atoms with Crippen LogP contribution < -0.4 is 0 Å². The third-order valence-electron chi connectivity index (χ3n) is 6.32. The molecule has 1 unspecified atom stereocenters. The summed E-state index contributed by atoms with van der Waals surface area (Å²) < 4.78 is 6.03. The van der Waals surface area contributed by atoms with Gasteiger partial charge in [-0.05, 0) is 37.3 Å². The van der Waals surface area contributed by atoms with E-state index in [1.165, 1.54) is 42.5 Å². The molecule has 0 saturated carbocycles. The molecule has 1 N–H and O–H groups in total. The topological polar surface area (TPSA) is 31.6 Å². The van der Waals surface area contributed by atoms with E-state index < -0.39 is 0 Å². The van der Waals surface area contributed by atoms with E-state index in [4.69, 9.17) is 4.74 Å². The first-order valence-corrected chi connectivity index (χ1v) is 8.75. The third kappa shape index (κ3) is 1.82. The predicted molar refractivity (Wildman–Crippen MR) is 88.1 cm³/mol. The van der Waals surface area contributed by atoms with Gasteiger partial charge in [0.1, 0.15) is 0 Å². The van der Waals surface area contributed by atoms with Crippen molar-refractivity contribution < 1.29 is 4.74 Å². The Kier molecular flexibility index (Phi) is 2.74. The van der Waals surface area contributed by atoms with Crippen LogP contribution in [0.5, 0.6) is 0 Å². The van der Waals surface area contributed by atoms with Crippen LogP contribution in [0.4, 0.5) is 0 Å². The number of benzene rings is 1. The van der Waals surface area contributed by atoms with Crippen molar-refractivity contribution in [2.24, 2.45) is 5.41 Å². The van der Waals surface area contributed by atoms with Crippen LogP contribution >= 0.6 is 0 Å². The lowest BCUT2D eigenvalue weighted by Gasteiger charge is -2.39. The summed E-state index contributed by atoms with van der Waals surface area (Å²) >= 11 is 0. The van der Waals surface area contributed by atoms with E-state index in [0.29, 0.717) is 17.6 Å². The van der Waals surface area contributed by atoms with Gasteiger partial charge >= 0.3 is 0 Å². The molecular formula is C19H24N2O. The number of piperidine rings is 1. The van der Waals surface area contributed by atoms with Crippen LogP contribution in [0.2, 0.25) is 0 Å². The number of H-pyrrole nitrogens is 1. The van der Waals surface area contributed by atoms with Crippen LogP contribution in [0.25, 0.3) is 10.9 Å². The zero-order valence-electron chi connectivity index (χ0n) is 13.3. The zero-order chi connectivity index (χ0) is 14.7. The Bertz CT molecular complexity index is 721. The fraction of sp³-hybridized carbons (Fsp3) is 0.579. The number of hydrogen-bond donors (Lipinski definition) is 1. The fourth-order valence-electron chi connectivity index (χ4n) is 4.95. The number of ether oxygens (including phenoxy) is 1. The van der Waals surface area contributed by atoms with Crippen molar-refractivity contribution in [3.63, 3.8) is 0 Å². The van der Waals surface area contributed by atoms with Gasteiger partial charge in [0.2, 0.25) is 0 Å². The standard InChI is InChI=1S/C19H24N2O/c1-2-19-9-7-16-14(13-5-3-4-6-15(13)20-16)8-10-21(12-19)11-17-18(19)22-17/h3-6,17-18,20H,2,7-12H2,1H3/t17-,18-,19-/m0/s1. The number of nitrogens with zero attached hydrogens (tertiary/aromatic N) is 1. The normalized spacial score (nSPS) is 36.9. The summed E-state index contributed by atoms with van der Waals surface area (Å²) in [6.45, 7) is 5.90. The first-order chi connectivity index (χ1) is 10.8. The molecule has 0 amide bonds. The summed E-state index contributed by atoms with van der Waals surface area (Å²) in [6.07, 6.45) is 5.86. The van der Waals surface area contributed by atoms with E-state index in [1.54, 1.807) is 5.56 Å². The summed E-state index contributed by atoms with van der Waals surface area (Å²) in [5, 5.41) is 1.43. The summed E-state index contributed by atoms with van der Waals surface area (Å²) in [6, 6.07) is 8.79. The number of nitrogens with one attached hydrogen (secondary N) is 1. The molecule has 5 rings (SSSR count). The quantitative estimate of drug-likeness (QED) is 0.820. The van der Waals surface area contributed by atoms with Crippen LogP contribution in [0.15, 0.2) is 24.3 Å². The van der Waals surface area contributed by atoms with E-state index >= 15 is 0 Å². The molecule has 2 fully saturated rings. The molecule has 1 aromatic heterocycles. The monoisotopic (exact) mass is 296 g/mol. The molecule has 3 aliphatic rings. The molecule has 2 saturated heterocycles. The highest BCUT2D eigenvalue weighted by Gasteiger charge is 2.57. The molecule has 2 bridgehead atoms. The Morgan fingerprint density at radius 3 is 3.14 bits per heavy atom. The van der Waals surface area contributed by atoms with Gasteiger partial charge in [0.25, 0.3) is 0 Å². The van der Waals surface area contributed by atoms with Gasteiger partial charge in [-0.3, -0.25) is 4.90 Å². The van der Waals surface area contributed by atoms with Gasteiger partial charge in [0.05, 0.1) is 12.2 Å². The van der Waals surface area contributed by atoms with Crippen molar-refractivity contribution >= 4 is 10.9 Å². The number of aromatic nitrogens is 1. The predicted octanol–water partition coefficient (Wildman–Crippen LogP) is 3.14. The van der Waals surface area contributed by atoms with Crippen molar-refractivity contribution in [2.75, 3.05) is 19.6 Å². The van der Waals surface area contributed by atoms with Crippen molar-refractivity contribution in [3.8, 4) is 0 Å². The molecular weight excluding hydrogens is 272 g/mol. The average molecular weight is 296 g/mol. The van der Waals surface area contributed by atoms with E-state index in [0.717, 1.165) is 19.4 Å². The summed E-state index contributed by atoms with van der Waals surface area (Å²) in [5.74, 6) is 0. The van der Waals surface area contributed by atoms with E-state index in [1.807, 2.05) is 0 Å². The lowest BCUT2D eigenvalue weighted by atomic mass is 9.73. The molecule has 3 nitrogen and oxygen atoms in total. The molecule has 116 valence electrons. The number of fused-ring (bicyclic) bond motifs is 7. The minimum atomic E-state index is 0.377. The first kappa shape index (κ1) is 13.1. The van der Waals surface area contributed by atoms with Gasteiger partial charge in [-0.1, -0.05) is 25.1 Å². The number of rotatable bonds is 1. The highest BCUT2D eigenvalue weighted by Crippen LogP contribution is 2.49. The lowest BCUT2D eigenvalue weighted by molar-refractivity contribution is 0.0955. The fourth-order valence-corrected chi connectivity index (χ4v) is 4.95. The van der Waals surface area contributed by atoms with E-state index in [2.05, 4.69) is 41.1 Å². The second-order valence-electron chi connectivity index (χ2n) is 7.42. The van der Waals surface area contributed by atoms with Crippen LogP contribution in [0.3, 0.4) is 0 Å². The molecule has 0 radical (unpaired) electrons. The van der Waals surface area contributed by atoms with Gasteiger partial charge in [0, 0.05) is 41.6 Å². The van der Waals surface area contributed by atoms with Crippen molar-refractivity contribution in [3.05, 3.63) is 35.5 Å². The SMILES string of the molecule is CC[C@@]12CCc3[nH]c4ccccc4c3CCN(C[C@@H]3O[C@@H]31)C2. The second kappa shape index (κ2) is 4.59. The largest absolute Gasteiger partial charge is 0.368 e. The minimum absolute atomic E-state index is 0.377. The molecule has 4 heterocycles. The van der Waals surface area contributed by atoms with Gasteiger partial charge < -0.3 is 9.72 Å². The number of aromatic amines is 1. The average Bonchev–Trinajstić information content (AvgIpc) is 3.23. The molecule has 4 atom stereocenters. The van der Waals surface area contributed by atoms with Crippen LogP contribution in [0.1, 0.15) is 31.0 Å². The van der Waals surface area contributed by atoms with E-state index in [-0.39, 0.29) is 0 Å². The summed E-state index contributed by atoms with van der Waals surface area (Å²) in [7, 11) is 0.